The van der Waals surface area contributed by atoms with Gasteiger partial charge in [0.2, 0.25) is 0 Å². The average molecular weight is 214 g/mol. The van der Waals surface area contributed by atoms with Crippen LogP contribution in [0.15, 0.2) is 0 Å². The van der Waals surface area contributed by atoms with Crippen molar-refractivity contribution in [1.29, 1.82) is 0 Å². The predicted octanol–water partition coefficient (Wildman–Crippen LogP) is 1.33. The van der Waals surface area contributed by atoms with Gasteiger partial charge in [0, 0.05) is 31.7 Å². The monoisotopic (exact) mass is 214 g/mol. The predicted molar refractivity (Wildman–Crippen MR) is 63.9 cm³/mol. The molecule has 0 aliphatic carbocycles. The summed E-state index contributed by atoms with van der Waals surface area (Å²) in [6.07, 6.45) is 1.01. The van der Waals surface area contributed by atoms with Crippen molar-refractivity contribution in [3.05, 3.63) is 0 Å². The molecule has 1 saturated heterocycles. The van der Waals surface area contributed by atoms with Crippen LogP contribution >= 0.6 is 0 Å². The van der Waals surface area contributed by atoms with Crippen LogP contribution in [0.3, 0.4) is 0 Å². The summed E-state index contributed by atoms with van der Waals surface area (Å²) in [5.74, 6) is 0.506. The molecule has 0 bridgehead atoms. The average Bonchev–Trinajstić information content (AvgIpc) is 2.05. The van der Waals surface area contributed by atoms with Gasteiger partial charge in [-0.15, -0.1) is 0 Å². The van der Waals surface area contributed by atoms with E-state index in [0.29, 0.717) is 17.4 Å². The smallest absolute Gasteiger partial charge is 0.0521 e. The highest BCUT2D eigenvalue weighted by Crippen LogP contribution is 2.18. The molecule has 0 radical (unpaired) electrons. The number of hydrogen-bond acceptors (Lipinski definition) is 3. The van der Waals surface area contributed by atoms with E-state index in [1.165, 1.54) is 0 Å². The first-order valence-electron chi connectivity index (χ1n) is 5.90. The van der Waals surface area contributed by atoms with Gasteiger partial charge in [-0.3, -0.25) is 0 Å². The fraction of sp³-hybridized carbons (Fsp3) is 1.00. The highest BCUT2D eigenvalue weighted by atomic mass is 16.5. The molecule has 0 aromatic heterocycles. The van der Waals surface area contributed by atoms with Gasteiger partial charge < -0.3 is 15.4 Å². The number of hydrogen-bond donors (Lipinski definition) is 1. The Morgan fingerprint density at radius 2 is 2.07 bits per heavy atom. The quantitative estimate of drug-likeness (QED) is 0.770. The van der Waals surface area contributed by atoms with Crippen LogP contribution in [0.5, 0.6) is 0 Å². The Morgan fingerprint density at radius 3 is 2.60 bits per heavy atom. The summed E-state index contributed by atoms with van der Waals surface area (Å²) in [5.41, 5.74) is 6.44. The maximum Gasteiger partial charge on any atom is 0.0521 e. The van der Waals surface area contributed by atoms with Crippen LogP contribution in [-0.2, 0) is 4.74 Å². The largest absolute Gasteiger partial charge is 0.381 e. The molecule has 3 nitrogen and oxygen atoms in total. The van der Waals surface area contributed by atoms with E-state index >= 15 is 0 Å². The van der Waals surface area contributed by atoms with Crippen LogP contribution in [0.25, 0.3) is 0 Å². The minimum atomic E-state index is 0.321. The van der Waals surface area contributed by atoms with Crippen molar-refractivity contribution in [3.63, 3.8) is 0 Å². The Bertz CT molecular complexity index is 189. The van der Waals surface area contributed by atoms with Gasteiger partial charge in [-0.2, -0.15) is 0 Å². The molecule has 2 N–H and O–H groups in total. The fourth-order valence-corrected chi connectivity index (χ4v) is 2.28. The van der Waals surface area contributed by atoms with Crippen molar-refractivity contribution in [2.75, 3.05) is 33.4 Å². The van der Waals surface area contributed by atoms with E-state index in [4.69, 9.17) is 10.5 Å². The lowest BCUT2D eigenvalue weighted by atomic mass is 9.93. The summed E-state index contributed by atoms with van der Waals surface area (Å²) in [6, 6.07) is 0.321. The van der Waals surface area contributed by atoms with E-state index in [1.54, 1.807) is 0 Å². The van der Waals surface area contributed by atoms with Crippen molar-refractivity contribution in [2.45, 2.75) is 33.2 Å². The molecule has 90 valence electrons. The lowest BCUT2D eigenvalue weighted by Crippen LogP contribution is -2.45. The van der Waals surface area contributed by atoms with Gasteiger partial charge in [0.15, 0.2) is 0 Å². The van der Waals surface area contributed by atoms with Gasteiger partial charge >= 0.3 is 0 Å². The standard InChI is InChI=1S/C12H26N2O/c1-12(2,3)9-14(4)7-10-8-15-6-5-11(10)13/h10-11H,5-9,13H2,1-4H3. The summed E-state index contributed by atoms with van der Waals surface area (Å²) in [4.78, 5) is 2.37. The van der Waals surface area contributed by atoms with Gasteiger partial charge in [-0.25, -0.2) is 0 Å². The third kappa shape index (κ3) is 4.96. The topological polar surface area (TPSA) is 38.5 Å². The molecule has 1 rings (SSSR count). The molecule has 0 saturated carbocycles. The van der Waals surface area contributed by atoms with Gasteiger partial charge in [0.25, 0.3) is 0 Å². The summed E-state index contributed by atoms with van der Waals surface area (Å²) in [6.45, 7) is 10.6. The van der Waals surface area contributed by atoms with Gasteiger partial charge in [0.05, 0.1) is 6.61 Å². The first-order valence-corrected chi connectivity index (χ1v) is 5.90. The summed E-state index contributed by atoms with van der Waals surface area (Å²) < 4.78 is 5.48. The van der Waals surface area contributed by atoms with E-state index in [-0.39, 0.29) is 0 Å². The third-order valence-electron chi connectivity index (χ3n) is 2.82. The van der Waals surface area contributed by atoms with Crippen LogP contribution < -0.4 is 5.73 Å². The van der Waals surface area contributed by atoms with Crippen molar-refractivity contribution < 1.29 is 4.74 Å². The molecule has 0 aromatic carbocycles. The summed E-state index contributed by atoms with van der Waals surface area (Å²) in [5, 5.41) is 0. The Hall–Kier alpha value is -0.120. The van der Waals surface area contributed by atoms with Crippen LogP contribution in [0.1, 0.15) is 27.2 Å². The van der Waals surface area contributed by atoms with Crippen LogP contribution in [0, 0.1) is 11.3 Å². The number of nitrogens with two attached hydrogens (primary N) is 1. The molecule has 3 heteroatoms. The highest BCUT2D eigenvalue weighted by Gasteiger charge is 2.24. The van der Waals surface area contributed by atoms with Crippen LogP contribution in [0.4, 0.5) is 0 Å². The SMILES string of the molecule is CN(CC1COCCC1N)CC(C)(C)C. The second kappa shape index (κ2) is 5.28. The lowest BCUT2D eigenvalue weighted by molar-refractivity contribution is 0.0258. The zero-order valence-corrected chi connectivity index (χ0v) is 10.6. The van der Waals surface area contributed by atoms with E-state index < -0.39 is 0 Å². The van der Waals surface area contributed by atoms with E-state index in [1.807, 2.05) is 0 Å². The Balaban J connectivity index is 2.33. The normalized spacial score (nSPS) is 28.4. The van der Waals surface area contributed by atoms with Gasteiger partial charge in [-0.05, 0) is 18.9 Å². The molecule has 0 aromatic rings. The second-order valence-corrected chi connectivity index (χ2v) is 6.04. The summed E-state index contributed by atoms with van der Waals surface area (Å²) >= 11 is 0. The first kappa shape index (κ1) is 12.9. The van der Waals surface area contributed by atoms with Gasteiger partial charge in [0.1, 0.15) is 0 Å². The third-order valence-corrected chi connectivity index (χ3v) is 2.82. The van der Waals surface area contributed by atoms with E-state index in [0.717, 1.165) is 32.7 Å². The van der Waals surface area contributed by atoms with E-state index in [2.05, 4.69) is 32.7 Å². The molecule has 1 aliphatic rings. The molecule has 2 atom stereocenters. The highest BCUT2D eigenvalue weighted by molar-refractivity contribution is 4.79. The maximum atomic E-state index is 6.08. The van der Waals surface area contributed by atoms with E-state index in [9.17, 15) is 0 Å². The molecule has 1 heterocycles. The fourth-order valence-electron chi connectivity index (χ4n) is 2.28. The maximum absolute atomic E-state index is 6.08. The van der Waals surface area contributed by atoms with Crippen LogP contribution in [0.2, 0.25) is 0 Å². The molecule has 15 heavy (non-hydrogen) atoms. The summed E-state index contributed by atoms with van der Waals surface area (Å²) in [7, 11) is 2.17. The number of ether oxygens (including phenoxy) is 1. The van der Waals surface area contributed by atoms with Crippen molar-refractivity contribution >= 4 is 0 Å². The molecule has 1 fully saturated rings. The number of rotatable bonds is 3. The Morgan fingerprint density at radius 1 is 1.40 bits per heavy atom. The molecule has 0 amide bonds. The zero-order valence-electron chi connectivity index (χ0n) is 10.6. The Labute approximate surface area is 94.0 Å². The Kier molecular flexibility index (Phi) is 4.56. The molecular weight excluding hydrogens is 188 g/mol. The minimum Gasteiger partial charge on any atom is -0.381 e. The van der Waals surface area contributed by atoms with Gasteiger partial charge in [-0.1, -0.05) is 20.8 Å². The molecule has 1 aliphatic heterocycles. The molecule has 0 spiro atoms. The first-order chi connectivity index (χ1) is 6.88. The van der Waals surface area contributed by atoms with Crippen molar-refractivity contribution in [3.8, 4) is 0 Å². The van der Waals surface area contributed by atoms with Crippen LogP contribution in [-0.4, -0.2) is 44.3 Å². The van der Waals surface area contributed by atoms with Crippen molar-refractivity contribution in [1.82, 2.24) is 4.90 Å². The second-order valence-electron chi connectivity index (χ2n) is 6.04. The number of nitrogens with zero attached hydrogens (tertiary/aromatic N) is 1. The minimum absolute atomic E-state index is 0.321. The lowest BCUT2D eigenvalue weighted by Gasteiger charge is -2.34. The molecule has 2 unspecified atom stereocenters. The zero-order chi connectivity index (χ0) is 11.5. The molecular formula is C12H26N2O. The van der Waals surface area contributed by atoms with Crippen molar-refractivity contribution in [2.24, 2.45) is 17.1 Å².